The molecule has 0 unspecified atom stereocenters. The monoisotopic (exact) mass is 312 g/mol. The van der Waals surface area contributed by atoms with Crippen molar-refractivity contribution >= 4 is 11.7 Å². The average molecular weight is 312 g/mol. The topological polar surface area (TPSA) is 50.8 Å². The summed E-state index contributed by atoms with van der Waals surface area (Å²) < 4.78 is 10.5. The first-order chi connectivity index (χ1) is 11.2. The number of fused-ring (bicyclic) bond motifs is 1. The van der Waals surface area contributed by atoms with Crippen molar-refractivity contribution in [2.75, 3.05) is 25.7 Å². The predicted molar refractivity (Wildman–Crippen MR) is 89.3 cm³/mol. The maximum atomic E-state index is 12.4. The molecular formula is C18H20N2O3. The second-order valence-electron chi connectivity index (χ2n) is 5.41. The van der Waals surface area contributed by atoms with Gasteiger partial charge in [-0.1, -0.05) is 18.2 Å². The number of anilines is 1. The molecule has 0 atom stereocenters. The molecule has 0 fully saturated rings. The van der Waals surface area contributed by atoms with Crippen LogP contribution in [0.5, 0.6) is 11.5 Å². The number of hydrogen-bond donors (Lipinski definition) is 1. The highest BCUT2D eigenvalue weighted by Gasteiger charge is 2.23. The summed E-state index contributed by atoms with van der Waals surface area (Å²) in [4.78, 5) is 14.2. The van der Waals surface area contributed by atoms with Crippen molar-refractivity contribution in [3.8, 4) is 11.5 Å². The summed E-state index contributed by atoms with van der Waals surface area (Å²) in [7, 11) is 3.22. The van der Waals surface area contributed by atoms with E-state index < -0.39 is 0 Å². The van der Waals surface area contributed by atoms with Crippen molar-refractivity contribution in [1.82, 2.24) is 5.32 Å². The predicted octanol–water partition coefficient (Wildman–Crippen LogP) is 2.98. The van der Waals surface area contributed by atoms with Crippen LogP contribution in [0, 0.1) is 0 Å². The Balaban J connectivity index is 1.68. The maximum Gasteiger partial charge on any atom is 0.322 e. The fourth-order valence-electron chi connectivity index (χ4n) is 2.79. The third-order valence-electron chi connectivity index (χ3n) is 3.99. The minimum atomic E-state index is -0.0864. The summed E-state index contributed by atoms with van der Waals surface area (Å²) in [6.07, 6.45) is 0.899. The summed E-state index contributed by atoms with van der Waals surface area (Å²) in [5, 5.41) is 2.96. The number of nitrogens with zero attached hydrogens (tertiary/aromatic N) is 1. The van der Waals surface area contributed by atoms with Crippen LogP contribution in [0.3, 0.4) is 0 Å². The second kappa shape index (κ2) is 6.60. The number of carbonyl (C=O) groups is 1. The van der Waals surface area contributed by atoms with Crippen LogP contribution < -0.4 is 19.7 Å². The summed E-state index contributed by atoms with van der Waals surface area (Å²) >= 11 is 0. The second-order valence-corrected chi connectivity index (χ2v) is 5.41. The molecule has 0 saturated heterocycles. The number of amides is 2. The van der Waals surface area contributed by atoms with Crippen LogP contribution in [0.1, 0.15) is 11.1 Å². The zero-order valence-electron chi connectivity index (χ0n) is 13.3. The van der Waals surface area contributed by atoms with Crippen molar-refractivity contribution in [2.45, 2.75) is 13.0 Å². The molecule has 5 nitrogen and oxygen atoms in total. The fraction of sp³-hybridized carbons (Fsp3) is 0.278. The molecule has 0 spiro atoms. The van der Waals surface area contributed by atoms with Crippen molar-refractivity contribution in [3.05, 3.63) is 53.6 Å². The number of nitrogens with one attached hydrogen (secondary N) is 1. The minimum absolute atomic E-state index is 0.0864. The van der Waals surface area contributed by atoms with E-state index in [4.69, 9.17) is 9.47 Å². The van der Waals surface area contributed by atoms with Gasteiger partial charge in [0.1, 0.15) is 11.5 Å². The van der Waals surface area contributed by atoms with Gasteiger partial charge in [0.05, 0.1) is 14.2 Å². The number of rotatable bonds is 4. The van der Waals surface area contributed by atoms with E-state index in [9.17, 15) is 4.79 Å². The van der Waals surface area contributed by atoms with Crippen LogP contribution in [-0.4, -0.2) is 26.8 Å². The van der Waals surface area contributed by atoms with Gasteiger partial charge in [0.2, 0.25) is 0 Å². The number of ether oxygens (including phenoxy) is 2. The number of benzene rings is 2. The van der Waals surface area contributed by atoms with E-state index in [1.165, 1.54) is 5.56 Å². The lowest BCUT2D eigenvalue weighted by atomic mass is 10.2. The highest BCUT2D eigenvalue weighted by atomic mass is 16.5. The average Bonchev–Trinajstić information content (AvgIpc) is 3.03. The van der Waals surface area contributed by atoms with Gasteiger partial charge in [-0.15, -0.1) is 0 Å². The molecule has 3 rings (SSSR count). The highest BCUT2D eigenvalue weighted by Crippen LogP contribution is 2.27. The summed E-state index contributed by atoms with van der Waals surface area (Å²) in [6.45, 7) is 1.14. The first-order valence-electron chi connectivity index (χ1n) is 7.56. The molecular weight excluding hydrogens is 292 g/mol. The quantitative estimate of drug-likeness (QED) is 0.944. The van der Waals surface area contributed by atoms with Crippen LogP contribution in [0.4, 0.5) is 10.5 Å². The summed E-state index contributed by atoms with van der Waals surface area (Å²) in [6, 6.07) is 13.5. The van der Waals surface area contributed by atoms with E-state index in [1.807, 2.05) is 36.4 Å². The fourth-order valence-corrected chi connectivity index (χ4v) is 2.79. The van der Waals surface area contributed by atoms with E-state index in [-0.39, 0.29) is 6.03 Å². The van der Waals surface area contributed by atoms with Gasteiger partial charge in [0.25, 0.3) is 0 Å². The lowest BCUT2D eigenvalue weighted by Crippen LogP contribution is -2.38. The van der Waals surface area contributed by atoms with Crippen LogP contribution in [0.25, 0.3) is 0 Å². The number of urea groups is 1. The van der Waals surface area contributed by atoms with Gasteiger partial charge in [0.15, 0.2) is 0 Å². The standard InChI is InChI=1S/C18H20N2O3/c1-22-15-9-13(10-16(11-15)23-2)12-19-18(21)20-8-7-14-5-3-4-6-17(14)20/h3-6,9-11H,7-8,12H2,1-2H3,(H,19,21). The summed E-state index contributed by atoms with van der Waals surface area (Å²) in [5.74, 6) is 1.42. The van der Waals surface area contributed by atoms with Crippen molar-refractivity contribution in [2.24, 2.45) is 0 Å². The van der Waals surface area contributed by atoms with Gasteiger partial charge in [-0.25, -0.2) is 4.79 Å². The lowest BCUT2D eigenvalue weighted by molar-refractivity contribution is 0.246. The molecule has 2 amide bonds. The van der Waals surface area contributed by atoms with E-state index >= 15 is 0 Å². The Kier molecular flexibility index (Phi) is 4.37. The Morgan fingerprint density at radius 1 is 1.13 bits per heavy atom. The molecule has 2 aromatic carbocycles. The maximum absolute atomic E-state index is 12.4. The number of carbonyl (C=O) groups excluding carboxylic acids is 1. The molecule has 0 bridgehead atoms. The minimum Gasteiger partial charge on any atom is -0.497 e. The molecule has 1 N–H and O–H groups in total. The third-order valence-corrected chi connectivity index (χ3v) is 3.99. The number of hydrogen-bond acceptors (Lipinski definition) is 3. The van der Waals surface area contributed by atoms with E-state index in [1.54, 1.807) is 19.1 Å². The van der Waals surface area contributed by atoms with Crippen LogP contribution in [-0.2, 0) is 13.0 Å². The Labute approximate surface area is 135 Å². The van der Waals surface area contributed by atoms with Crippen molar-refractivity contribution < 1.29 is 14.3 Å². The lowest BCUT2D eigenvalue weighted by Gasteiger charge is -2.18. The number of para-hydroxylation sites is 1. The number of methoxy groups -OCH3 is 2. The van der Waals surface area contributed by atoms with Gasteiger partial charge in [-0.3, -0.25) is 4.90 Å². The SMILES string of the molecule is COc1cc(CNC(=O)N2CCc3ccccc32)cc(OC)c1. The zero-order valence-corrected chi connectivity index (χ0v) is 13.3. The summed E-state index contributed by atoms with van der Waals surface area (Å²) in [5.41, 5.74) is 3.14. The van der Waals surface area contributed by atoms with Gasteiger partial charge in [-0.2, -0.15) is 0 Å². The van der Waals surface area contributed by atoms with Crippen molar-refractivity contribution in [1.29, 1.82) is 0 Å². The molecule has 0 aliphatic carbocycles. The van der Waals surface area contributed by atoms with Crippen LogP contribution >= 0.6 is 0 Å². The molecule has 1 aliphatic rings. The third kappa shape index (κ3) is 3.23. The van der Waals surface area contributed by atoms with Gasteiger partial charge >= 0.3 is 6.03 Å². The van der Waals surface area contributed by atoms with Gasteiger partial charge in [0, 0.05) is 24.8 Å². The van der Waals surface area contributed by atoms with E-state index in [0.717, 1.165) is 17.7 Å². The molecule has 2 aromatic rings. The molecule has 0 saturated carbocycles. The molecule has 120 valence electrons. The Hall–Kier alpha value is -2.69. The first kappa shape index (κ1) is 15.2. The van der Waals surface area contributed by atoms with Crippen LogP contribution in [0.15, 0.2) is 42.5 Å². The molecule has 1 heterocycles. The Morgan fingerprint density at radius 2 is 1.83 bits per heavy atom. The normalized spacial score (nSPS) is 12.7. The Morgan fingerprint density at radius 3 is 2.52 bits per heavy atom. The Bertz CT molecular complexity index is 693. The van der Waals surface area contributed by atoms with Gasteiger partial charge in [-0.05, 0) is 35.7 Å². The van der Waals surface area contributed by atoms with E-state index in [2.05, 4.69) is 11.4 Å². The molecule has 23 heavy (non-hydrogen) atoms. The van der Waals surface area contributed by atoms with Crippen molar-refractivity contribution in [3.63, 3.8) is 0 Å². The highest BCUT2D eigenvalue weighted by molar-refractivity contribution is 5.94. The zero-order chi connectivity index (χ0) is 16.2. The van der Waals surface area contributed by atoms with Gasteiger partial charge < -0.3 is 14.8 Å². The molecule has 1 aliphatic heterocycles. The molecule has 0 aromatic heterocycles. The smallest absolute Gasteiger partial charge is 0.322 e. The first-order valence-corrected chi connectivity index (χ1v) is 7.56. The van der Waals surface area contributed by atoms with Crippen LogP contribution in [0.2, 0.25) is 0 Å². The molecule has 0 radical (unpaired) electrons. The largest absolute Gasteiger partial charge is 0.497 e. The molecule has 5 heteroatoms. The van der Waals surface area contributed by atoms with E-state index in [0.29, 0.717) is 24.6 Å².